The van der Waals surface area contributed by atoms with Gasteiger partial charge >= 0.3 is 12.0 Å². The highest BCUT2D eigenvalue weighted by Gasteiger charge is 2.35. The van der Waals surface area contributed by atoms with E-state index in [1.54, 1.807) is 39.8 Å². The average Bonchev–Trinajstić information content (AvgIpc) is 2.77. The topological polar surface area (TPSA) is 80.6 Å². The Morgan fingerprint density at radius 1 is 1.40 bits per heavy atom. The number of esters is 1. The number of urea groups is 1. The van der Waals surface area contributed by atoms with Crippen molar-refractivity contribution in [1.29, 1.82) is 0 Å². The van der Waals surface area contributed by atoms with Gasteiger partial charge < -0.3 is 19.8 Å². The minimum Gasteiger partial charge on any atom is -0.467 e. The molecule has 1 aromatic heterocycles. The molecule has 1 aliphatic rings. The van der Waals surface area contributed by atoms with Gasteiger partial charge in [0.2, 0.25) is 0 Å². The first-order chi connectivity index (χ1) is 9.28. The highest BCUT2D eigenvalue weighted by Crippen LogP contribution is 2.28. The molecule has 0 saturated heterocycles. The van der Waals surface area contributed by atoms with E-state index >= 15 is 0 Å². The van der Waals surface area contributed by atoms with Crippen LogP contribution in [0.4, 0.5) is 4.79 Å². The average molecular weight is 278 g/mol. The molecular formula is C14H18N2O4. The lowest BCUT2D eigenvalue weighted by Gasteiger charge is -2.28. The SMILES string of the molecule is CC1=C(C(=O)OC(C)(C)C)[C@@H](c2ccco2)NC(=O)N1. The van der Waals surface area contributed by atoms with Gasteiger partial charge in [-0.2, -0.15) is 0 Å². The van der Waals surface area contributed by atoms with E-state index in [4.69, 9.17) is 9.15 Å². The van der Waals surface area contributed by atoms with E-state index < -0.39 is 17.6 Å². The van der Waals surface area contributed by atoms with Crippen LogP contribution in [0.15, 0.2) is 34.1 Å². The van der Waals surface area contributed by atoms with E-state index in [2.05, 4.69) is 10.6 Å². The molecule has 0 fully saturated rings. The van der Waals surface area contributed by atoms with Crippen LogP contribution in [0.2, 0.25) is 0 Å². The Morgan fingerprint density at radius 3 is 2.65 bits per heavy atom. The first-order valence-corrected chi connectivity index (χ1v) is 6.33. The molecule has 0 aromatic carbocycles. The fourth-order valence-electron chi connectivity index (χ4n) is 1.97. The number of rotatable bonds is 2. The minimum atomic E-state index is -0.645. The molecule has 1 aliphatic heterocycles. The molecular weight excluding hydrogens is 260 g/mol. The van der Waals surface area contributed by atoms with E-state index in [0.717, 1.165) is 0 Å². The van der Waals surface area contributed by atoms with Crippen molar-refractivity contribution in [3.8, 4) is 0 Å². The summed E-state index contributed by atoms with van der Waals surface area (Å²) in [5.74, 6) is 0.00367. The van der Waals surface area contributed by atoms with Crippen molar-refractivity contribution < 1.29 is 18.7 Å². The van der Waals surface area contributed by atoms with E-state index in [-0.39, 0.29) is 6.03 Å². The zero-order chi connectivity index (χ0) is 14.9. The number of hydrogen-bond acceptors (Lipinski definition) is 4. The van der Waals surface area contributed by atoms with E-state index in [9.17, 15) is 9.59 Å². The van der Waals surface area contributed by atoms with Crippen molar-refractivity contribution in [3.05, 3.63) is 35.4 Å². The molecule has 2 heterocycles. The number of carbonyl (C=O) groups is 2. The van der Waals surface area contributed by atoms with Crippen molar-refractivity contribution >= 4 is 12.0 Å². The highest BCUT2D eigenvalue weighted by molar-refractivity contribution is 5.95. The van der Waals surface area contributed by atoms with Crippen molar-refractivity contribution in [3.63, 3.8) is 0 Å². The van der Waals surface area contributed by atoms with Gasteiger partial charge in [-0.05, 0) is 39.8 Å². The second kappa shape index (κ2) is 5.03. The zero-order valence-corrected chi connectivity index (χ0v) is 11.9. The van der Waals surface area contributed by atoms with Gasteiger partial charge in [0.1, 0.15) is 17.4 Å². The molecule has 1 atom stereocenters. The maximum absolute atomic E-state index is 12.3. The molecule has 6 nitrogen and oxygen atoms in total. The van der Waals surface area contributed by atoms with Gasteiger partial charge in [0, 0.05) is 5.70 Å². The first kappa shape index (κ1) is 14.2. The molecule has 0 aliphatic carbocycles. The molecule has 2 N–H and O–H groups in total. The maximum Gasteiger partial charge on any atom is 0.338 e. The molecule has 2 amide bonds. The van der Waals surface area contributed by atoms with Crippen molar-refractivity contribution in [2.24, 2.45) is 0 Å². The predicted molar refractivity (Wildman–Crippen MR) is 71.7 cm³/mol. The number of nitrogens with one attached hydrogen (secondary N) is 2. The maximum atomic E-state index is 12.3. The summed E-state index contributed by atoms with van der Waals surface area (Å²) in [4.78, 5) is 23.9. The molecule has 0 bridgehead atoms. The van der Waals surface area contributed by atoms with E-state index in [1.165, 1.54) is 6.26 Å². The lowest BCUT2D eigenvalue weighted by atomic mass is 10.0. The van der Waals surface area contributed by atoms with Crippen LogP contribution in [0.25, 0.3) is 0 Å². The summed E-state index contributed by atoms with van der Waals surface area (Å²) in [6, 6.07) is 2.38. The van der Waals surface area contributed by atoms with Crippen LogP contribution < -0.4 is 10.6 Å². The van der Waals surface area contributed by atoms with Gasteiger partial charge in [-0.1, -0.05) is 0 Å². The summed E-state index contributed by atoms with van der Waals surface area (Å²) < 4.78 is 10.7. The number of carbonyl (C=O) groups excluding carboxylic acids is 2. The summed E-state index contributed by atoms with van der Waals surface area (Å²) in [5.41, 5.74) is 0.193. The highest BCUT2D eigenvalue weighted by atomic mass is 16.6. The summed E-state index contributed by atoms with van der Waals surface area (Å²) in [6.45, 7) is 7.03. The molecule has 0 saturated carbocycles. The molecule has 1 aromatic rings. The molecule has 2 rings (SSSR count). The van der Waals surface area contributed by atoms with Crippen LogP contribution in [0, 0.1) is 0 Å². The summed E-state index contributed by atoms with van der Waals surface area (Å²) in [7, 11) is 0. The first-order valence-electron chi connectivity index (χ1n) is 6.33. The Balaban J connectivity index is 2.37. The third-order valence-electron chi connectivity index (χ3n) is 2.72. The molecule has 0 spiro atoms. The summed E-state index contributed by atoms with van der Waals surface area (Å²) in [6.07, 6.45) is 1.49. The summed E-state index contributed by atoms with van der Waals surface area (Å²) >= 11 is 0. The third-order valence-corrected chi connectivity index (χ3v) is 2.72. The Morgan fingerprint density at radius 2 is 2.10 bits per heavy atom. The zero-order valence-electron chi connectivity index (χ0n) is 11.9. The van der Waals surface area contributed by atoms with Gasteiger partial charge in [-0.3, -0.25) is 0 Å². The van der Waals surface area contributed by atoms with E-state index in [0.29, 0.717) is 17.0 Å². The molecule has 20 heavy (non-hydrogen) atoms. The molecule has 108 valence electrons. The lowest BCUT2D eigenvalue weighted by Crippen LogP contribution is -2.45. The van der Waals surface area contributed by atoms with Crippen LogP contribution in [-0.2, 0) is 9.53 Å². The van der Waals surface area contributed by atoms with Crippen LogP contribution in [0.1, 0.15) is 39.5 Å². The van der Waals surface area contributed by atoms with Gasteiger partial charge in [-0.15, -0.1) is 0 Å². The van der Waals surface area contributed by atoms with E-state index in [1.807, 2.05) is 0 Å². The monoisotopic (exact) mass is 278 g/mol. The number of ether oxygens (including phenoxy) is 1. The second-order valence-corrected chi connectivity index (χ2v) is 5.59. The molecule has 0 radical (unpaired) electrons. The van der Waals surface area contributed by atoms with Gasteiger partial charge in [0.05, 0.1) is 11.8 Å². The van der Waals surface area contributed by atoms with Crippen LogP contribution in [-0.4, -0.2) is 17.6 Å². The number of furan rings is 1. The van der Waals surface area contributed by atoms with Crippen molar-refractivity contribution in [1.82, 2.24) is 10.6 Å². The summed E-state index contributed by atoms with van der Waals surface area (Å²) in [5, 5.41) is 5.24. The smallest absolute Gasteiger partial charge is 0.338 e. The normalized spacial score (nSPS) is 19.4. The Labute approximate surface area is 117 Å². The van der Waals surface area contributed by atoms with Crippen LogP contribution in [0.5, 0.6) is 0 Å². The third kappa shape index (κ3) is 3.01. The van der Waals surface area contributed by atoms with Crippen LogP contribution in [0.3, 0.4) is 0 Å². The molecule has 6 heteroatoms. The van der Waals surface area contributed by atoms with Gasteiger partial charge in [-0.25, -0.2) is 9.59 Å². The number of allylic oxidation sites excluding steroid dienone is 1. The number of amides is 2. The van der Waals surface area contributed by atoms with Gasteiger partial charge in [0.15, 0.2) is 0 Å². The number of hydrogen-bond donors (Lipinski definition) is 2. The Hall–Kier alpha value is -2.24. The second-order valence-electron chi connectivity index (χ2n) is 5.59. The van der Waals surface area contributed by atoms with Crippen molar-refractivity contribution in [2.45, 2.75) is 39.3 Å². The lowest BCUT2D eigenvalue weighted by molar-refractivity contribution is -0.150. The Bertz CT molecular complexity index is 552. The largest absolute Gasteiger partial charge is 0.467 e. The fraction of sp³-hybridized carbons (Fsp3) is 0.429. The van der Waals surface area contributed by atoms with Gasteiger partial charge in [0.25, 0.3) is 0 Å². The fourth-order valence-corrected chi connectivity index (χ4v) is 1.97. The standard InChI is InChI=1S/C14H18N2O4/c1-8-10(12(17)20-14(2,3)4)11(16-13(18)15-8)9-6-5-7-19-9/h5-7,11H,1-4H3,(H2,15,16,18)/t11-/m1/s1. The quantitative estimate of drug-likeness (QED) is 0.813. The van der Waals surface area contributed by atoms with Crippen LogP contribution >= 0.6 is 0 Å². The molecule has 0 unspecified atom stereocenters. The predicted octanol–water partition coefficient (Wildman–Crippen LogP) is 2.25. The Kier molecular flexibility index (Phi) is 3.57. The van der Waals surface area contributed by atoms with Crippen molar-refractivity contribution in [2.75, 3.05) is 0 Å². The minimum absolute atomic E-state index is 0.342.